The minimum Gasteiger partial charge on any atom is -0.497 e. The number of methoxy groups -OCH3 is 2. The van der Waals surface area contributed by atoms with Crippen molar-refractivity contribution in [3.05, 3.63) is 78.0 Å². The number of rotatable bonds is 6. The van der Waals surface area contributed by atoms with Gasteiger partial charge in [-0.3, -0.25) is 9.36 Å². The van der Waals surface area contributed by atoms with Gasteiger partial charge in [0, 0.05) is 5.56 Å². The van der Waals surface area contributed by atoms with Crippen LogP contribution in [0.5, 0.6) is 23.0 Å². The van der Waals surface area contributed by atoms with Crippen molar-refractivity contribution in [1.82, 2.24) is 4.57 Å². The number of benzene rings is 2. The first-order chi connectivity index (χ1) is 17.9. The van der Waals surface area contributed by atoms with E-state index < -0.39 is 12.0 Å². The number of carbonyl (C=O) groups excluding carboxylic acids is 1. The van der Waals surface area contributed by atoms with Crippen LogP contribution in [0.4, 0.5) is 0 Å². The molecule has 2 aromatic carbocycles. The molecule has 0 spiro atoms. The molecule has 0 bridgehead atoms. The topological polar surface area (TPSA) is 97.6 Å². The lowest BCUT2D eigenvalue weighted by molar-refractivity contribution is -0.139. The van der Waals surface area contributed by atoms with E-state index in [2.05, 4.69) is 4.99 Å². The average Bonchev–Trinajstić information content (AvgIpc) is 3.46. The first-order valence-corrected chi connectivity index (χ1v) is 12.5. The van der Waals surface area contributed by atoms with Gasteiger partial charge >= 0.3 is 5.97 Å². The Bertz CT molecular complexity index is 1620. The summed E-state index contributed by atoms with van der Waals surface area (Å²) in [6.07, 6.45) is 1.81. The Morgan fingerprint density at radius 3 is 2.62 bits per heavy atom. The van der Waals surface area contributed by atoms with E-state index in [1.807, 2.05) is 25.1 Å². The zero-order chi connectivity index (χ0) is 26.3. The molecule has 0 fully saturated rings. The Morgan fingerprint density at radius 1 is 1.16 bits per heavy atom. The van der Waals surface area contributed by atoms with Gasteiger partial charge in [0.2, 0.25) is 6.79 Å². The van der Waals surface area contributed by atoms with Crippen molar-refractivity contribution < 1.29 is 28.5 Å². The van der Waals surface area contributed by atoms with Gasteiger partial charge in [-0.15, -0.1) is 0 Å². The van der Waals surface area contributed by atoms with Gasteiger partial charge in [0.1, 0.15) is 17.5 Å². The SMILES string of the molecule is CCOC(=O)C1=C(C)N=c2sc(=Cc3cc4c(cc3C)OCO4)c(=O)n2C1c1cc(OC)ccc1OC. The molecular weight excluding hydrogens is 496 g/mol. The second-order valence-corrected chi connectivity index (χ2v) is 9.48. The van der Waals surface area contributed by atoms with Gasteiger partial charge in [0.05, 0.1) is 36.6 Å². The molecule has 0 N–H and O–H groups in total. The maximum absolute atomic E-state index is 13.9. The summed E-state index contributed by atoms with van der Waals surface area (Å²) in [4.78, 5) is 32.2. The van der Waals surface area contributed by atoms with Crippen LogP contribution in [-0.2, 0) is 9.53 Å². The molecule has 0 amide bonds. The van der Waals surface area contributed by atoms with E-state index in [0.717, 1.165) is 11.1 Å². The average molecular weight is 523 g/mol. The molecule has 1 unspecified atom stereocenters. The fourth-order valence-electron chi connectivity index (χ4n) is 4.49. The van der Waals surface area contributed by atoms with E-state index in [1.165, 1.54) is 23.0 Å². The maximum atomic E-state index is 13.9. The summed E-state index contributed by atoms with van der Waals surface area (Å²) in [6, 6.07) is 8.19. The number of nitrogens with zero attached hydrogens (tertiary/aromatic N) is 2. The third-order valence-corrected chi connectivity index (χ3v) is 7.28. The first-order valence-electron chi connectivity index (χ1n) is 11.7. The largest absolute Gasteiger partial charge is 0.497 e. The number of thiazole rings is 1. The van der Waals surface area contributed by atoms with Gasteiger partial charge in [-0.25, -0.2) is 9.79 Å². The van der Waals surface area contributed by atoms with Crippen molar-refractivity contribution in [1.29, 1.82) is 0 Å². The molecule has 1 atom stereocenters. The molecule has 9 nitrogen and oxygen atoms in total. The summed E-state index contributed by atoms with van der Waals surface area (Å²) in [5.74, 6) is 1.83. The number of allylic oxidation sites excluding steroid dienone is 1. The number of carbonyl (C=O) groups is 1. The predicted octanol–water partition coefficient (Wildman–Crippen LogP) is 2.85. The number of esters is 1. The third-order valence-electron chi connectivity index (χ3n) is 6.30. The molecule has 3 heterocycles. The molecule has 37 heavy (non-hydrogen) atoms. The molecule has 2 aliphatic heterocycles. The van der Waals surface area contributed by atoms with Crippen LogP contribution in [-0.4, -0.2) is 38.2 Å². The molecule has 0 saturated carbocycles. The van der Waals surface area contributed by atoms with Crippen LogP contribution in [0.2, 0.25) is 0 Å². The highest BCUT2D eigenvalue weighted by Crippen LogP contribution is 2.38. The van der Waals surface area contributed by atoms with Crippen LogP contribution in [0.1, 0.15) is 36.6 Å². The van der Waals surface area contributed by atoms with Gasteiger partial charge in [-0.2, -0.15) is 0 Å². The van der Waals surface area contributed by atoms with Crippen molar-refractivity contribution in [2.45, 2.75) is 26.8 Å². The molecule has 0 aliphatic carbocycles. The second kappa shape index (κ2) is 9.78. The summed E-state index contributed by atoms with van der Waals surface area (Å²) in [5, 5.41) is 0. The minimum atomic E-state index is -0.819. The summed E-state index contributed by atoms with van der Waals surface area (Å²) in [6.45, 7) is 5.77. The molecule has 1 aromatic heterocycles. The van der Waals surface area contributed by atoms with E-state index in [9.17, 15) is 9.59 Å². The fourth-order valence-corrected chi connectivity index (χ4v) is 5.53. The van der Waals surface area contributed by atoms with Gasteiger partial charge in [0.15, 0.2) is 16.3 Å². The molecule has 2 aliphatic rings. The molecule has 0 radical (unpaired) electrons. The molecule has 0 saturated heterocycles. The summed E-state index contributed by atoms with van der Waals surface area (Å²) in [5.41, 5.74) is 2.80. The van der Waals surface area contributed by atoms with E-state index in [-0.39, 0.29) is 24.5 Å². The molecule has 5 rings (SSSR count). The lowest BCUT2D eigenvalue weighted by Gasteiger charge is -2.26. The second-order valence-electron chi connectivity index (χ2n) is 8.47. The lowest BCUT2D eigenvalue weighted by atomic mass is 9.94. The van der Waals surface area contributed by atoms with E-state index >= 15 is 0 Å². The quantitative estimate of drug-likeness (QED) is 0.459. The van der Waals surface area contributed by atoms with Crippen molar-refractivity contribution in [2.24, 2.45) is 4.99 Å². The normalized spacial score (nSPS) is 16.4. The molecular formula is C27H26N2O7S. The van der Waals surface area contributed by atoms with Crippen molar-refractivity contribution >= 4 is 23.4 Å². The zero-order valence-electron chi connectivity index (χ0n) is 21.1. The van der Waals surface area contributed by atoms with Gasteiger partial charge in [-0.05, 0) is 68.3 Å². The highest BCUT2D eigenvalue weighted by molar-refractivity contribution is 7.07. The Morgan fingerprint density at radius 2 is 1.92 bits per heavy atom. The number of fused-ring (bicyclic) bond motifs is 2. The lowest BCUT2D eigenvalue weighted by Crippen LogP contribution is -2.40. The van der Waals surface area contributed by atoms with Crippen molar-refractivity contribution in [2.75, 3.05) is 27.6 Å². The van der Waals surface area contributed by atoms with E-state index in [4.69, 9.17) is 23.7 Å². The van der Waals surface area contributed by atoms with Crippen molar-refractivity contribution in [3.8, 4) is 23.0 Å². The fraction of sp³-hybridized carbons (Fsp3) is 0.296. The predicted molar refractivity (Wildman–Crippen MR) is 137 cm³/mol. The number of hydrogen-bond donors (Lipinski definition) is 0. The highest BCUT2D eigenvalue weighted by atomic mass is 32.1. The first kappa shape index (κ1) is 24.6. The number of ether oxygens (including phenoxy) is 5. The van der Waals surface area contributed by atoms with Crippen LogP contribution in [0.3, 0.4) is 0 Å². The van der Waals surface area contributed by atoms with Gasteiger partial charge in [-0.1, -0.05) is 11.3 Å². The van der Waals surface area contributed by atoms with Crippen LogP contribution < -0.4 is 33.8 Å². The molecule has 3 aromatic rings. The Labute approximate surface area is 216 Å². The molecule has 192 valence electrons. The smallest absolute Gasteiger partial charge is 0.338 e. The zero-order valence-corrected chi connectivity index (χ0v) is 21.9. The number of aryl methyl sites for hydroxylation is 1. The van der Waals surface area contributed by atoms with Crippen LogP contribution in [0, 0.1) is 6.92 Å². The van der Waals surface area contributed by atoms with E-state index in [0.29, 0.717) is 43.6 Å². The Hall–Kier alpha value is -4.05. The summed E-state index contributed by atoms with van der Waals surface area (Å²) in [7, 11) is 3.09. The Balaban J connectivity index is 1.76. The molecule has 10 heteroatoms. The minimum absolute atomic E-state index is 0.165. The van der Waals surface area contributed by atoms with Gasteiger partial charge in [0.25, 0.3) is 5.56 Å². The maximum Gasteiger partial charge on any atom is 0.338 e. The Kier molecular flexibility index (Phi) is 6.51. The van der Waals surface area contributed by atoms with Crippen LogP contribution in [0.25, 0.3) is 6.08 Å². The number of hydrogen-bond acceptors (Lipinski definition) is 9. The van der Waals surface area contributed by atoms with Crippen LogP contribution in [0.15, 0.2) is 51.4 Å². The summed E-state index contributed by atoms with van der Waals surface area (Å²) < 4.78 is 29.4. The van der Waals surface area contributed by atoms with Crippen molar-refractivity contribution in [3.63, 3.8) is 0 Å². The number of aromatic nitrogens is 1. The van der Waals surface area contributed by atoms with E-state index in [1.54, 1.807) is 39.2 Å². The highest BCUT2D eigenvalue weighted by Gasteiger charge is 2.35. The van der Waals surface area contributed by atoms with Crippen LogP contribution >= 0.6 is 11.3 Å². The van der Waals surface area contributed by atoms with Gasteiger partial charge < -0.3 is 23.7 Å². The monoisotopic (exact) mass is 522 g/mol. The third kappa shape index (κ3) is 4.27. The standard InChI is InChI=1S/C27H26N2O7S/c1-6-34-26(31)23-15(3)28-27-29(24(23)18-12-17(32-4)7-8-19(18)33-5)25(30)22(37-27)11-16-10-21-20(9-14(16)2)35-13-36-21/h7-12,24H,6,13H2,1-5H3. The summed E-state index contributed by atoms with van der Waals surface area (Å²) >= 11 is 1.25.